The van der Waals surface area contributed by atoms with Crippen LogP contribution in [0.25, 0.3) is 0 Å². The summed E-state index contributed by atoms with van der Waals surface area (Å²) in [5, 5.41) is 12.1. The highest BCUT2D eigenvalue weighted by Crippen LogP contribution is 2.25. The Kier molecular flexibility index (Phi) is 5.55. The maximum absolute atomic E-state index is 12.3. The molecule has 2 amide bonds. The van der Waals surface area contributed by atoms with Crippen LogP contribution in [0.5, 0.6) is 5.75 Å². The van der Waals surface area contributed by atoms with E-state index in [2.05, 4.69) is 10.1 Å². The Morgan fingerprint density at radius 3 is 2.50 bits per heavy atom. The van der Waals surface area contributed by atoms with Crippen molar-refractivity contribution in [1.29, 1.82) is 0 Å². The largest absolute Gasteiger partial charge is 0.573 e. The summed E-state index contributed by atoms with van der Waals surface area (Å²) in [6.07, 6.45) is -4.09. The first-order chi connectivity index (χ1) is 11.2. The fourth-order valence-corrected chi connectivity index (χ4v) is 2.62. The van der Waals surface area contributed by atoms with Gasteiger partial charge in [-0.1, -0.05) is 0 Å². The smallest absolute Gasteiger partial charge is 0.406 e. The molecule has 1 aliphatic rings. The number of aliphatic hydroxyl groups excluding tert-OH is 1. The number of likely N-dealkylation sites (N-methyl/N-ethyl adjacent to an activating group) is 1. The zero-order valence-corrected chi connectivity index (χ0v) is 13.4. The number of benzene rings is 1. The van der Waals surface area contributed by atoms with Crippen LogP contribution < -0.4 is 10.1 Å². The van der Waals surface area contributed by atoms with Gasteiger partial charge in [0, 0.05) is 18.3 Å². The number of amides is 2. The minimum absolute atomic E-state index is 0.143. The lowest BCUT2D eigenvalue weighted by Crippen LogP contribution is -2.41. The highest BCUT2D eigenvalue weighted by atomic mass is 19.4. The van der Waals surface area contributed by atoms with Gasteiger partial charge in [-0.05, 0) is 44.8 Å². The van der Waals surface area contributed by atoms with Gasteiger partial charge < -0.3 is 25.0 Å². The molecule has 1 fully saturated rings. The Balaban J connectivity index is 1.99. The van der Waals surface area contributed by atoms with Crippen LogP contribution in [-0.2, 0) is 0 Å². The van der Waals surface area contributed by atoms with Gasteiger partial charge in [-0.15, -0.1) is 13.2 Å². The zero-order chi connectivity index (χ0) is 17.9. The number of rotatable bonds is 4. The summed E-state index contributed by atoms with van der Waals surface area (Å²) in [5.74, 6) is -0.359. The van der Waals surface area contributed by atoms with Gasteiger partial charge in [-0.3, -0.25) is 0 Å². The molecule has 2 rings (SSSR count). The summed E-state index contributed by atoms with van der Waals surface area (Å²) in [7, 11) is 3.81. The van der Waals surface area contributed by atoms with Gasteiger partial charge >= 0.3 is 12.4 Å². The predicted octanol–water partition coefficient (Wildman–Crippen LogP) is 2.11. The van der Waals surface area contributed by atoms with Crippen molar-refractivity contribution in [2.24, 2.45) is 0 Å². The number of nitrogens with one attached hydrogen (secondary N) is 1. The maximum Gasteiger partial charge on any atom is 0.573 e. The number of alkyl halides is 3. The van der Waals surface area contributed by atoms with E-state index in [0.717, 1.165) is 12.1 Å². The second-order valence-electron chi connectivity index (χ2n) is 5.84. The molecule has 0 saturated carbocycles. The van der Waals surface area contributed by atoms with Gasteiger partial charge in [0.25, 0.3) is 0 Å². The molecule has 1 aromatic carbocycles. The van der Waals surface area contributed by atoms with Crippen molar-refractivity contribution in [2.45, 2.75) is 24.9 Å². The number of anilines is 1. The van der Waals surface area contributed by atoms with Crippen LogP contribution in [0.3, 0.4) is 0 Å². The normalized spacial score (nSPS) is 21.2. The zero-order valence-electron chi connectivity index (χ0n) is 13.4. The first-order valence-electron chi connectivity index (χ1n) is 7.40. The number of carbonyl (C=O) groups excluding carboxylic acids is 1. The average Bonchev–Trinajstić information content (AvgIpc) is 2.92. The van der Waals surface area contributed by atoms with Gasteiger partial charge in [0.1, 0.15) is 5.75 Å². The SMILES string of the molecule is CN(C)[C@@H]1C[C@@H](CO)N(C(=O)Nc2ccc(OC(F)(F)F)cc2)C1. The summed E-state index contributed by atoms with van der Waals surface area (Å²) in [6.45, 7) is 0.329. The molecule has 0 aromatic heterocycles. The van der Waals surface area contributed by atoms with Crippen molar-refractivity contribution in [3.05, 3.63) is 24.3 Å². The molecule has 2 atom stereocenters. The molecule has 2 N–H and O–H groups in total. The van der Waals surface area contributed by atoms with Gasteiger partial charge in [0.2, 0.25) is 0 Å². The van der Waals surface area contributed by atoms with Crippen molar-refractivity contribution >= 4 is 11.7 Å². The van der Waals surface area contributed by atoms with Crippen molar-refractivity contribution in [1.82, 2.24) is 9.80 Å². The van der Waals surface area contributed by atoms with Crippen LogP contribution >= 0.6 is 0 Å². The Bertz CT molecular complexity index is 563. The van der Waals surface area contributed by atoms with Gasteiger partial charge in [-0.2, -0.15) is 0 Å². The second-order valence-corrected chi connectivity index (χ2v) is 5.84. The Morgan fingerprint density at radius 1 is 1.38 bits per heavy atom. The van der Waals surface area contributed by atoms with Crippen LogP contribution in [-0.4, -0.2) is 66.6 Å². The number of nitrogens with zero attached hydrogens (tertiary/aromatic N) is 2. The van der Waals surface area contributed by atoms with Crippen molar-refractivity contribution in [2.75, 3.05) is 32.6 Å². The molecule has 1 aromatic rings. The number of urea groups is 1. The van der Waals surface area contributed by atoms with E-state index in [4.69, 9.17) is 0 Å². The third-order valence-electron chi connectivity index (χ3n) is 3.93. The molecule has 1 saturated heterocycles. The molecular weight excluding hydrogens is 327 g/mol. The molecule has 0 radical (unpaired) electrons. The third-order valence-corrected chi connectivity index (χ3v) is 3.93. The van der Waals surface area contributed by atoms with E-state index < -0.39 is 12.4 Å². The lowest BCUT2D eigenvalue weighted by molar-refractivity contribution is -0.274. The fourth-order valence-electron chi connectivity index (χ4n) is 2.62. The van der Waals surface area contributed by atoms with E-state index in [1.807, 2.05) is 19.0 Å². The van der Waals surface area contributed by atoms with E-state index in [0.29, 0.717) is 18.7 Å². The average molecular weight is 347 g/mol. The topological polar surface area (TPSA) is 65.0 Å². The lowest BCUT2D eigenvalue weighted by Gasteiger charge is -2.23. The van der Waals surface area contributed by atoms with Gasteiger partial charge in [0.05, 0.1) is 12.6 Å². The van der Waals surface area contributed by atoms with Crippen molar-refractivity contribution in [3.8, 4) is 5.75 Å². The Morgan fingerprint density at radius 2 is 2.00 bits per heavy atom. The highest BCUT2D eigenvalue weighted by Gasteiger charge is 2.36. The minimum Gasteiger partial charge on any atom is -0.406 e. The standard InChI is InChI=1S/C15H20F3N3O3/c1-20(2)11-7-12(9-22)21(8-11)14(23)19-10-3-5-13(6-4-10)24-15(16,17)18/h3-6,11-12,22H,7-9H2,1-2H3,(H,19,23)/t11-,12+/m1/s1. The molecule has 1 heterocycles. The molecule has 0 bridgehead atoms. The number of hydrogen-bond donors (Lipinski definition) is 2. The number of likely N-dealkylation sites (tertiary alicyclic amines) is 1. The summed E-state index contributed by atoms with van der Waals surface area (Å²) < 4.78 is 40.1. The molecule has 0 aliphatic carbocycles. The van der Waals surface area contributed by atoms with Gasteiger partial charge in [0.15, 0.2) is 0 Å². The van der Waals surface area contributed by atoms with Crippen LogP contribution in [0, 0.1) is 0 Å². The molecule has 24 heavy (non-hydrogen) atoms. The predicted molar refractivity (Wildman–Crippen MR) is 81.8 cm³/mol. The maximum atomic E-state index is 12.3. The molecule has 134 valence electrons. The van der Waals surface area contributed by atoms with E-state index in [1.165, 1.54) is 17.0 Å². The number of hydrogen-bond acceptors (Lipinski definition) is 4. The van der Waals surface area contributed by atoms with Crippen LogP contribution in [0.15, 0.2) is 24.3 Å². The van der Waals surface area contributed by atoms with Gasteiger partial charge in [-0.25, -0.2) is 4.79 Å². The van der Waals surface area contributed by atoms with Crippen LogP contribution in [0.4, 0.5) is 23.7 Å². The fraction of sp³-hybridized carbons (Fsp3) is 0.533. The third kappa shape index (κ3) is 4.75. The summed E-state index contributed by atoms with van der Waals surface area (Å²) in [6, 6.07) is 4.36. The summed E-state index contributed by atoms with van der Waals surface area (Å²) in [4.78, 5) is 15.9. The van der Waals surface area contributed by atoms with Crippen LogP contribution in [0.1, 0.15) is 6.42 Å². The molecular formula is C15H20F3N3O3. The molecule has 9 heteroatoms. The highest BCUT2D eigenvalue weighted by molar-refractivity contribution is 5.89. The first-order valence-corrected chi connectivity index (χ1v) is 7.40. The second kappa shape index (κ2) is 7.27. The van der Waals surface area contributed by atoms with Crippen molar-refractivity contribution in [3.63, 3.8) is 0 Å². The number of carbonyl (C=O) groups is 1. The van der Waals surface area contributed by atoms with E-state index in [1.54, 1.807) is 0 Å². The Hall–Kier alpha value is -2.00. The Labute approximate surface area is 137 Å². The quantitative estimate of drug-likeness (QED) is 0.876. The first kappa shape index (κ1) is 18.3. The molecule has 6 nitrogen and oxygen atoms in total. The van der Waals surface area contributed by atoms with E-state index >= 15 is 0 Å². The number of aliphatic hydroxyl groups is 1. The summed E-state index contributed by atoms with van der Waals surface area (Å²) >= 11 is 0. The summed E-state index contributed by atoms with van der Waals surface area (Å²) in [5.41, 5.74) is 0.347. The number of halogens is 3. The number of ether oxygens (including phenoxy) is 1. The molecule has 0 unspecified atom stereocenters. The minimum atomic E-state index is -4.75. The van der Waals surface area contributed by atoms with Crippen molar-refractivity contribution < 1.29 is 27.8 Å². The molecule has 1 aliphatic heterocycles. The molecule has 0 spiro atoms. The lowest BCUT2D eigenvalue weighted by atomic mass is 10.2. The van der Waals surface area contributed by atoms with E-state index in [9.17, 15) is 23.1 Å². The van der Waals surface area contributed by atoms with E-state index in [-0.39, 0.29) is 24.4 Å². The monoisotopic (exact) mass is 347 g/mol. The van der Waals surface area contributed by atoms with Crippen LogP contribution in [0.2, 0.25) is 0 Å².